The van der Waals surface area contributed by atoms with Gasteiger partial charge in [-0.15, -0.1) is 0 Å². The third-order valence-electron chi connectivity index (χ3n) is 8.11. The molecule has 0 radical (unpaired) electrons. The Balaban J connectivity index is 1.50. The van der Waals surface area contributed by atoms with Crippen LogP contribution in [0.1, 0.15) is 19.8 Å². The molecule has 218 valence electrons. The molecule has 3 aromatic rings. The zero-order valence-corrected chi connectivity index (χ0v) is 24.7. The second-order valence-electron chi connectivity index (χ2n) is 10.7. The molecule has 2 N–H and O–H groups in total. The van der Waals surface area contributed by atoms with E-state index in [2.05, 4.69) is 0 Å². The second kappa shape index (κ2) is 10.5. The Morgan fingerprint density at radius 1 is 0.905 bits per heavy atom. The quantitative estimate of drug-likeness (QED) is 0.279. The van der Waals surface area contributed by atoms with Crippen LogP contribution < -0.4 is 21.6 Å². The van der Waals surface area contributed by atoms with Crippen molar-refractivity contribution in [2.45, 2.75) is 31.8 Å². The van der Waals surface area contributed by atoms with Gasteiger partial charge in [-0.3, -0.25) is 0 Å². The van der Waals surface area contributed by atoms with Crippen molar-refractivity contribution in [2.75, 3.05) is 6.54 Å². The fourth-order valence-corrected chi connectivity index (χ4v) is 13.8. The predicted molar refractivity (Wildman–Crippen MR) is 163 cm³/mol. The van der Waals surface area contributed by atoms with Gasteiger partial charge in [0.15, 0.2) is 0 Å². The molecule has 9 nitrogen and oxygen atoms in total. The molecule has 1 saturated heterocycles. The molecule has 3 aromatic carbocycles. The van der Waals surface area contributed by atoms with Crippen LogP contribution in [-0.2, 0) is 23.4 Å². The number of carbonyl (C=O) groups excluding carboxylic acids is 2. The van der Waals surface area contributed by atoms with Crippen LogP contribution >= 0.6 is 6.83 Å². The van der Waals surface area contributed by atoms with Crippen molar-refractivity contribution in [3.05, 3.63) is 115 Å². The summed E-state index contributed by atoms with van der Waals surface area (Å²) in [6.45, 7) is -2.57. The third-order valence-corrected chi connectivity index (χ3v) is 15.3. The Labute approximate surface area is 245 Å². The number of urea groups is 1. The summed E-state index contributed by atoms with van der Waals surface area (Å²) in [6, 6.07) is 25.2. The molecule has 2 bridgehead atoms. The van der Waals surface area contributed by atoms with Gasteiger partial charge in [-0.05, 0) is 0 Å². The van der Waals surface area contributed by atoms with E-state index in [1.54, 1.807) is 12.2 Å². The normalized spacial score (nSPS) is 21.7. The van der Waals surface area contributed by atoms with Gasteiger partial charge < -0.3 is 0 Å². The summed E-state index contributed by atoms with van der Waals surface area (Å²) < 4.78 is 40.5. The molecule has 2 heterocycles. The van der Waals surface area contributed by atoms with E-state index >= 15 is 0 Å². The Morgan fingerprint density at radius 3 is 1.83 bits per heavy atom. The van der Waals surface area contributed by atoms with Crippen LogP contribution in [-0.4, -0.2) is 48.9 Å². The molecule has 3 amide bonds. The Kier molecular flexibility index (Phi) is 7.06. The summed E-state index contributed by atoms with van der Waals surface area (Å²) in [7, 11) is -4.94. The molecule has 2 atom stereocenters. The second-order valence-corrected chi connectivity index (χ2v) is 16.3. The van der Waals surface area contributed by atoms with Crippen molar-refractivity contribution in [1.82, 2.24) is 9.96 Å². The van der Waals surface area contributed by atoms with E-state index < -0.39 is 41.3 Å². The Morgan fingerprint density at radius 2 is 1.40 bits per heavy atom. The number of nitrogens with two attached hydrogens (primary N) is 1. The van der Waals surface area contributed by atoms with E-state index in [4.69, 9.17) is 14.0 Å². The van der Waals surface area contributed by atoms with E-state index in [1.807, 2.05) is 104 Å². The molecular formula is C31H32N3O6PS. The number of benzene rings is 3. The zero-order valence-electron chi connectivity index (χ0n) is 23.0. The van der Waals surface area contributed by atoms with Crippen molar-refractivity contribution in [2.24, 2.45) is 11.7 Å². The van der Waals surface area contributed by atoms with Gasteiger partial charge in [0.2, 0.25) is 0 Å². The number of rotatable bonds is 10. The van der Waals surface area contributed by atoms with E-state index in [-0.39, 0.29) is 12.5 Å². The molecule has 0 spiro atoms. The van der Waals surface area contributed by atoms with Gasteiger partial charge in [0.05, 0.1) is 0 Å². The minimum atomic E-state index is -4.94. The number of hydrogen-bond acceptors (Lipinski definition) is 6. The first kappa shape index (κ1) is 28.3. The molecular weight excluding hydrogens is 573 g/mol. The van der Waals surface area contributed by atoms with E-state index in [9.17, 15) is 18.0 Å². The van der Waals surface area contributed by atoms with Crippen molar-refractivity contribution < 1.29 is 26.3 Å². The number of amides is 3. The summed E-state index contributed by atoms with van der Waals surface area (Å²) >= 11 is 0. The third kappa shape index (κ3) is 4.46. The van der Waals surface area contributed by atoms with Crippen LogP contribution in [0.25, 0.3) is 0 Å². The molecule has 6 rings (SSSR count). The van der Waals surface area contributed by atoms with Crippen molar-refractivity contribution in [3.63, 3.8) is 0 Å². The summed E-state index contributed by atoms with van der Waals surface area (Å²) in [4.78, 5) is 27.2. The van der Waals surface area contributed by atoms with Gasteiger partial charge in [0, 0.05) is 0 Å². The maximum absolute atomic E-state index is 14.2. The number of hydroxylamine groups is 2. The van der Waals surface area contributed by atoms with Gasteiger partial charge in [-0.1, -0.05) is 0 Å². The molecule has 1 aliphatic carbocycles. The minimum absolute atomic E-state index is 0.0761. The number of hydrogen-bond donors (Lipinski definition) is 1. The molecule has 2 fully saturated rings. The van der Waals surface area contributed by atoms with Gasteiger partial charge >= 0.3 is 246 Å². The summed E-state index contributed by atoms with van der Waals surface area (Å²) in [5.41, 5.74) is 6.43. The van der Waals surface area contributed by atoms with Crippen molar-refractivity contribution in [3.8, 4) is 0 Å². The molecule has 3 aliphatic rings. The van der Waals surface area contributed by atoms with Crippen LogP contribution in [0.3, 0.4) is 0 Å². The molecule has 11 heteroatoms. The topological polar surface area (TPSA) is 119 Å². The van der Waals surface area contributed by atoms with Crippen molar-refractivity contribution in [1.29, 1.82) is 0 Å². The van der Waals surface area contributed by atoms with Crippen LogP contribution in [0.4, 0.5) is 4.79 Å². The average Bonchev–Trinajstić information content (AvgIpc) is 3.83. The van der Waals surface area contributed by atoms with Gasteiger partial charge in [0.1, 0.15) is 0 Å². The first-order valence-electron chi connectivity index (χ1n) is 13.8. The first-order chi connectivity index (χ1) is 20.2. The fourth-order valence-electron chi connectivity index (χ4n) is 6.25. The fraction of sp³-hybridized carbons (Fsp3) is 0.226. The van der Waals surface area contributed by atoms with E-state index in [0.29, 0.717) is 15.9 Å². The molecule has 0 aromatic heterocycles. The van der Waals surface area contributed by atoms with Crippen molar-refractivity contribution >= 4 is 45.1 Å². The molecule has 1 saturated carbocycles. The van der Waals surface area contributed by atoms with Crippen LogP contribution in [0.15, 0.2) is 115 Å². The monoisotopic (exact) mass is 605 g/mol. The summed E-state index contributed by atoms with van der Waals surface area (Å²) in [6.07, 6.45) is 5.30. The first-order valence-corrected chi connectivity index (χ1v) is 17.3. The number of allylic oxidation sites excluding steroid dienone is 1. The molecule has 2 aliphatic heterocycles. The van der Waals surface area contributed by atoms with Gasteiger partial charge in [0.25, 0.3) is 0 Å². The number of carbonyl (C=O) groups is 2. The van der Waals surface area contributed by atoms with Crippen LogP contribution in [0.5, 0.6) is 0 Å². The Hall–Kier alpha value is -3.82. The number of fused-ring (bicyclic) bond motifs is 2. The van der Waals surface area contributed by atoms with Crippen LogP contribution in [0, 0.1) is 5.92 Å². The number of primary amides is 1. The number of nitrogens with zero attached hydrogens (tertiary/aromatic N) is 2. The SMILES string of the molecule is C/C=C/P(OS(=O)(=O)ON1C(=O)N2C[C@H]1C=C(C1CC1)[C@H]2C(N)=O)(c1ccccc1)(c1ccccc1)c1ccccc1. The molecule has 42 heavy (non-hydrogen) atoms. The van der Waals surface area contributed by atoms with E-state index in [1.165, 1.54) is 4.90 Å². The van der Waals surface area contributed by atoms with Crippen LogP contribution in [0.2, 0.25) is 0 Å². The van der Waals surface area contributed by atoms with E-state index in [0.717, 1.165) is 23.5 Å². The Bertz CT molecular complexity index is 1580. The predicted octanol–water partition coefficient (Wildman–Crippen LogP) is 3.47. The summed E-state index contributed by atoms with van der Waals surface area (Å²) in [5.74, 6) is 1.30. The maximum atomic E-state index is 14.2. The average molecular weight is 606 g/mol. The standard InChI is InChI=1S/C31H32N3O6PS/c1-2-20-41(25-12-6-3-7-13-25,26-14-8-4-9-15-26,27-16-10-5-11-17-27)40-42(37,38)39-34-24-21-28(23-18-19-23)29(30(32)35)33(22-24)31(34)36/h2-17,20-21,23-24,29H,18-19,22H2,1H3,(H2,32,35)/b20-2+/t24-,29+/m1/s1. The van der Waals surface area contributed by atoms with Gasteiger partial charge in [-0.25, -0.2) is 0 Å². The van der Waals surface area contributed by atoms with Gasteiger partial charge in [-0.2, -0.15) is 0 Å². The zero-order chi connectivity index (χ0) is 29.6. The molecule has 0 unspecified atom stereocenters. The summed E-state index contributed by atoms with van der Waals surface area (Å²) in [5, 5.41) is 2.69.